The molecule has 0 saturated carbocycles. The monoisotopic (exact) mass is 232 g/mol. The van der Waals surface area contributed by atoms with Crippen LogP contribution in [0.15, 0.2) is 11.0 Å². The van der Waals surface area contributed by atoms with Gasteiger partial charge < -0.3 is 9.47 Å². The smallest absolute Gasteiger partial charge is 0.0906 e. The summed E-state index contributed by atoms with van der Waals surface area (Å²) in [5, 5.41) is 0. The molecule has 4 heteroatoms. The predicted molar refractivity (Wildman–Crippen MR) is 62.8 cm³/mol. The molecule has 2 heterocycles. The van der Waals surface area contributed by atoms with Crippen molar-refractivity contribution in [2.75, 3.05) is 13.2 Å². The maximum absolute atomic E-state index is 5.55. The lowest BCUT2D eigenvalue weighted by atomic mass is 10.2. The predicted octanol–water partition coefficient (Wildman–Crippen LogP) is 2.46. The lowest BCUT2D eigenvalue weighted by molar-refractivity contribution is 0.124. The highest BCUT2D eigenvalue weighted by Crippen LogP contribution is 2.47. The van der Waals surface area contributed by atoms with Crippen LogP contribution in [0.2, 0.25) is 0 Å². The third-order valence-corrected chi connectivity index (χ3v) is 5.27. The maximum Gasteiger partial charge on any atom is 0.0906 e. The van der Waals surface area contributed by atoms with Crippen LogP contribution < -0.4 is 0 Å². The van der Waals surface area contributed by atoms with Crippen molar-refractivity contribution in [2.24, 2.45) is 0 Å². The largest absolute Gasteiger partial charge is 0.376 e. The van der Waals surface area contributed by atoms with Crippen molar-refractivity contribution < 1.29 is 9.47 Å². The van der Waals surface area contributed by atoms with Gasteiger partial charge in [0.05, 0.1) is 22.9 Å². The van der Waals surface area contributed by atoms with E-state index in [-0.39, 0.29) is 16.3 Å². The van der Waals surface area contributed by atoms with Crippen molar-refractivity contribution in [1.82, 2.24) is 0 Å². The van der Waals surface area contributed by atoms with E-state index < -0.39 is 0 Å². The van der Waals surface area contributed by atoms with Gasteiger partial charge in [0.2, 0.25) is 0 Å². The quantitative estimate of drug-likeness (QED) is 0.583. The highest BCUT2D eigenvalue weighted by atomic mass is 32.2. The van der Waals surface area contributed by atoms with Gasteiger partial charge in [-0.1, -0.05) is 0 Å². The van der Waals surface area contributed by atoms with E-state index in [2.05, 4.69) is 19.9 Å². The molecule has 2 rings (SSSR count). The molecule has 3 unspecified atom stereocenters. The molecule has 1 saturated heterocycles. The number of thiol groups is 1. The van der Waals surface area contributed by atoms with Crippen molar-refractivity contribution >= 4 is 24.4 Å². The molecule has 2 aliphatic heterocycles. The molecule has 14 heavy (non-hydrogen) atoms. The molecule has 2 nitrogen and oxygen atoms in total. The van der Waals surface area contributed by atoms with E-state index in [0.717, 1.165) is 19.6 Å². The summed E-state index contributed by atoms with van der Waals surface area (Å²) >= 11 is 6.54. The van der Waals surface area contributed by atoms with Crippen LogP contribution in [0.5, 0.6) is 0 Å². The Morgan fingerprint density at radius 3 is 2.79 bits per heavy atom. The fourth-order valence-corrected chi connectivity index (χ4v) is 3.40. The fourth-order valence-electron chi connectivity index (χ4n) is 1.70. The number of rotatable bonds is 2. The van der Waals surface area contributed by atoms with Crippen molar-refractivity contribution in [1.29, 1.82) is 0 Å². The van der Waals surface area contributed by atoms with Crippen molar-refractivity contribution in [3.05, 3.63) is 11.0 Å². The lowest BCUT2D eigenvalue weighted by Gasteiger charge is -2.27. The number of ether oxygens (including phenoxy) is 2. The first kappa shape index (κ1) is 10.9. The first-order valence-corrected chi connectivity index (χ1v) is 6.23. The molecular formula is C10H16O2S2. The normalized spacial score (nSPS) is 42.9. The van der Waals surface area contributed by atoms with Gasteiger partial charge >= 0.3 is 0 Å². The molecule has 0 spiro atoms. The Labute approximate surface area is 94.8 Å². The standard InChI is InChI=1S/C10H16O2S2/c1-7-9(3-5-11-7)14-10(13)4-6-12-8(10)2/h3,7-8,13H,4-6H2,1-2H3. The number of hydrogen-bond acceptors (Lipinski definition) is 4. The van der Waals surface area contributed by atoms with Gasteiger partial charge in [0.1, 0.15) is 0 Å². The summed E-state index contributed by atoms with van der Waals surface area (Å²) in [7, 11) is 0. The molecule has 0 aromatic rings. The van der Waals surface area contributed by atoms with E-state index in [4.69, 9.17) is 22.1 Å². The van der Waals surface area contributed by atoms with E-state index in [1.54, 1.807) is 0 Å². The average molecular weight is 232 g/mol. The molecule has 80 valence electrons. The van der Waals surface area contributed by atoms with E-state index in [1.807, 2.05) is 11.8 Å². The van der Waals surface area contributed by atoms with Gasteiger partial charge in [0.15, 0.2) is 0 Å². The third-order valence-electron chi connectivity index (χ3n) is 2.79. The van der Waals surface area contributed by atoms with Gasteiger partial charge in [-0.05, 0) is 26.3 Å². The number of thioether (sulfide) groups is 1. The molecule has 0 N–H and O–H groups in total. The van der Waals surface area contributed by atoms with Gasteiger partial charge in [-0.25, -0.2) is 0 Å². The molecule has 1 fully saturated rings. The summed E-state index contributed by atoms with van der Waals surface area (Å²) < 4.78 is 11.0. The SMILES string of the molecule is CC1OCC=C1SC1(S)CCOC1C. The van der Waals surface area contributed by atoms with Crippen LogP contribution in [-0.4, -0.2) is 29.5 Å². The zero-order valence-corrected chi connectivity index (χ0v) is 10.2. The van der Waals surface area contributed by atoms with Crippen molar-refractivity contribution in [3.63, 3.8) is 0 Å². The van der Waals surface area contributed by atoms with E-state index in [9.17, 15) is 0 Å². The molecule has 0 amide bonds. The van der Waals surface area contributed by atoms with E-state index >= 15 is 0 Å². The van der Waals surface area contributed by atoms with Crippen LogP contribution in [0.3, 0.4) is 0 Å². The lowest BCUT2D eigenvalue weighted by Crippen LogP contribution is -2.26. The van der Waals surface area contributed by atoms with Crippen LogP contribution in [0.1, 0.15) is 20.3 Å². The molecule has 0 aromatic heterocycles. The minimum Gasteiger partial charge on any atom is -0.376 e. The number of hydrogen-bond donors (Lipinski definition) is 1. The molecular weight excluding hydrogens is 216 g/mol. The van der Waals surface area contributed by atoms with Crippen molar-refractivity contribution in [2.45, 2.75) is 36.6 Å². The highest BCUT2D eigenvalue weighted by Gasteiger charge is 2.40. The van der Waals surface area contributed by atoms with Gasteiger partial charge in [-0.15, -0.1) is 11.8 Å². The summed E-state index contributed by atoms with van der Waals surface area (Å²) in [6.07, 6.45) is 3.60. The zero-order valence-electron chi connectivity index (χ0n) is 8.53. The van der Waals surface area contributed by atoms with Gasteiger partial charge in [0.25, 0.3) is 0 Å². The van der Waals surface area contributed by atoms with Crippen molar-refractivity contribution in [3.8, 4) is 0 Å². The minimum absolute atomic E-state index is 0.0617. The van der Waals surface area contributed by atoms with E-state index in [0.29, 0.717) is 0 Å². The summed E-state index contributed by atoms with van der Waals surface area (Å²) in [4.78, 5) is 1.30. The Morgan fingerprint density at radius 2 is 2.29 bits per heavy atom. The Kier molecular flexibility index (Phi) is 3.17. The maximum atomic E-state index is 5.55. The van der Waals surface area contributed by atoms with E-state index in [1.165, 1.54) is 4.91 Å². The Hall–Kier alpha value is 0.360. The van der Waals surface area contributed by atoms with Crippen LogP contribution in [0, 0.1) is 0 Å². The first-order chi connectivity index (χ1) is 6.62. The van der Waals surface area contributed by atoms with Crippen LogP contribution in [-0.2, 0) is 9.47 Å². The zero-order chi connectivity index (χ0) is 10.2. The molecule has 2 aliphatic rings. The Balaban J connectivity index is 2.02. The third kappa shape index (κ3) is 1.98. The second kappa shape index (κ2) is 4.08. The Bertz CT molecular complexity index is 255. The Morgan fingerprint density at radius 1 is 1.50 bits per heavy atom. The highest BCUT2D eigenvalue weighted by molar-refractivity contribution is 8.14. The van der Waals surface area contributed by atoms with Gasteiger partial charge in [-0.3, -0.25) is 0 Å². The second-order valence-electron chi connectivity index (χ2n) is 3.79. The molecule has 3 atom stereocenters. The molecule has 0 radical (unpaired) electrons. The summed E-state index contributed by atoms with van der Waals surface area (Å²) in [5.74, 6) is 0. The summed E-state index contributed by atoms with van der Waals surface area (Å²) in [6, 6.07) is 0. The average Bonchev–Trinajstić information content (AvgIpc) is 2.64. The van der Waals surface area contributed by atoms with Crippen LogP contribution in [0.25, 0.3) is 0 Å². The van der Waals surface area contributed by atoms with Crippen LogP contribution >= 0.6 is 24.4 Å². The topological polar surface area (TPSA) is 18.5 Å². The molecule has 0 aromatic carbocycles. The second-order valence-corrected chi connectivity index (χ2v) is 6.30. The van der Waals surface area contributed by atoms with Gasteiger partial charge in [-0.2, -0.15) is 12.6 Å². The summed E-state index contributed by atoms with van der Waals surface area (Å²) in [5.41, 5.74) is 0. The minimum atomic E-state index is -0.0617. The van der Waals surface area contributed by atoms with Gasteiger partial charge in [0, 0.05) is 11.5 Å². The molecule has 0 aliphatic carbocycles. The first-order valence-electron chi connectivity index (χ1n) is 4.96. The fraction of sp³-hybridized carbons (Fsp3) is 0.800. The van der Waals surface area contributed by atoms with Crippen LogP contribution in [0.4, 0.5) is 0 Å². The molecule has 0 bridgehead atoms. The summed E-state index contributed by atoms with van der Waals surface area (Å²) in [6.45, 7) is 5.74.